The standard InChI is InChI=1S/C23H25N3O3/c1-5-16-8-6-7-15(2)22(16)25-17-11-12-24-20(13-17)23(27)26-19-14-18(28-3)9-10-21(19)29-4/h6-14H,5H2,1-4H3,(H,24,25)(H,26,27). The van der Waals surface area contributed by atoms with Gasteiger partial charge in [-0.1, -0.05) is 25.1 Å². The molecular formula is C23H25N3O3. The molecular weight excluding hydrogens is 366 g/mol. The van der Waals surface area contributed by atoms with Crippen LogP contribution in [-0.2, 0) is 6.42 Å². The van der Waals surface area contributed by atoms with Crippen LogP contribution in [0, 0.1) is 6.92 Å². The molecule has 3 rings (SSSR count). The van der Waals surface area contributed by atoms with Gasteiger partial charge in [-0.15, -0.1) is 0 Å². The van der Waals surface area contributed by atoms with Gasteiger partial charge in [0, 0.05) is 23.6 Å². The van der Waals surface area contributed by atoms with Crippen molar-refractivity contribution in [3.63, 3.8) is 0 Å². The van der Waals surface area contributed by atoms with Crippen LogP contribution in [0.1, 0.15) is 28.5 Å². The van der Waals surface area contributed by atoms with Gasteiger partial charge in [-0.25, -0.2) is 0 Å². The zero-order chi connectivity index (χ0) is 20.8. The molecule has 3 aromatic rings. The van der Waals surface area contributed by atoms with Crippen molar-refractivity contribution in [3.8, 4) is 11.5 Å². The van der Waals surface area contributed by atoms with E-state index in [0.29, 0.717) is 22.9 Å². The number of para-hydroxylation sites is 1. The van der Waals surface area contributed by atoms with Gasteiger partial charge in [0.05, 0.1) is 19.9 Å². The number of pyridine rings is 1. The van der Waals surface area contributed by atoms with Gasteiger partial charge in [0.1, 0.15) is 17.2 Å². The summed E-state index contributed by atoms with van der Waals surface area (Å²) in [6, 6.07) is 15.0. The SMILES string of the molecule is CCc1cccc(C)c1Nc1ccnc(C(=O)Nc2cc(OC)ccc2OC)c1. The first-order chi connectivity index (χ1) is 14.0. The molecule has 0 aliphatic carbocycles. The minimum absolute atomic E-state index is 0.298. The monoisotopic (exact) mass is 391 g/mol. The molecule has 2 N–H and O–H groups in total. The van der Waals surface area contributed by atoms with Gasteiger partial charge in [-0.3, -0.25) is 9.78 Å². The Balaban J connectivity index is 1.84. The third-order valence-electron chi connectivity index (χ3n) is 4.66. The molecule has 0 aliphatic heterocycles. The van der Waals surface area contributed by atoms with Gasteiger partial charge in [0.25, 0.3) is 5.91 Å². The van der Waals surface area contributed by atoms with Crippen molar-refractivity contribution < 1.29 is 14.3 Å². The molecule has 0 radical (unpaired) electrons. The van der Waals surface area contributed by atoms with Gasteiger partial charge in [-0.2, -0.15) is 0 Å². The molecule has 0 atom stereocenters. The number of anilines is 3. The fourth-order valence-electron chi connectivity index (χ4n) is 3.08. The first kappa shape index (κ1) is 20.2. The average molecular weight is 391 g/mol. The number of amides is 1. The van der Waals surface area contributed by atoms with Gasteiger partial charge in [0.15, 0.2) is 0 Å². The summed E-state index contributed by atoms with van der Waals surface area (Å²) in [5, 5.41) is 6.27. The van der Waals surface area contributed by atoms with E-state index in [1.54, 1.807) is 44.7 Å². The lowest BCUT2D eigenvalue weighted by Gasteiger charge is -2.15. The van der Waals surface area contributed by atoms with Gasteiger partial charge in [-0.05, 0) is 48.7 Å². The predicted molar refractivity (Wildman–Crippen MR) is 116 cm³/mol. The lowest BCUT2D eigenvalue weighted by atomic mass is 10.1. The van der Waals surface area contributed by atoms with Gasteiger partial charge >= 0.3 is 0 Å². The predicted octanol–water partition coefficient (Wildman–Crippen LogP) is 4.97. The smallest absolute Gasteiger partial charge is 0.274 e. The van der Waals surface area contributed by atoms with E-state index in [1.807, 2.05) is 12.1 Å². The van der Waals surface area contributed by atoms with Crippen LogP contribution in [0.2, 0.25) is 0 Å². The Morgan fingerprint density at radius 2 is 1.90 bits per heavy atom. The number of nitrogens with zero attached hydrogens (tertiary/aromatic N) is 1. The lowest BCUT2D eigenvalue weighted by Crippen LogP contribution is -2.14. The van der Waals surface area contributed by atoms with Crippen LogP contribution in [-0.4, -0.2) is 25.1 Å². The van der Waals surface area contributed by atoms with Gasteiger partial charge in [0.2, 0.25) is 0 Å². The molecule has 1 amide bonds. The molecule has 150 valence electrons. The van der Waals surface area contributed by atoms with Crippen LogP contribution >= 0.6 is 0 Å². The second kappa shape index (κ2) is 9.10. The molecule has 6 nitrogen and oxygen atoms in total. The summed E-state index contributed by atoms with van der Waals surface area (Å²) in [5.74, 6) is 0.831. The van der Waals surface area contributed by atoms with E-state index in [0.717, 1.165) is 23.4 Å². The number of rotatable bonds is 7. The summed E-state index contributed by atoms with van der Waals surface area (Å²) in [7, 11) is 3.12. The molecule has 0 saturated heterocycles. The molecule has 29 heavy (non-hydrogen) atoms. The van der Waals surface area contributed by atoms with E-state index in [-0.39, 0.29) is 5.91 Å². The van der Waals surface area contributed by atoms with Crippen LogP contribution in [0.5, 0.6) is 11.5 Å². The Kier molecular flexibility index (Phi) is 6.34. The molecule has 0 fully saturated rings. The molecule has 2 aromatic carbocycles. The van der Waals surface area contributed by atoms with Crippen molar-refractivity contribution in [1.82, 2.24) is 4.98 Å². The quantitative estimate of drug-likeness (QED) is 0.595. The molecule has 0 aliphatic rings. The molecule has 0 bridgehead atoms. The van der Waals surface area contributed by atoms with Crippen molar-refractivity contribution in [2.45, 2.75) is 20.3 Å². The molecule has 1 heterocycles. The van der Waals surface area contributed by atoms with E-state index in [9.17, 15) is 4.79 Å². The van der Waals surface area contributed by atoms with Crippen LogP contribution in [0.4, 0.5) is 17.1 Å². The molecule has 0 unspecified atom stereocenters. The summed E-state index contributed by atoms with van der Waals surface area (Å²) in [6.07, 6.45) is 2.53. The van der Waals surface area contributed by atoms with Crippen LogP contribution in [0.3, 0.4) is 0 Å². The van der Waals surface area contributed by atoms with E-state index in [1.165, 1.54) is 5.56 Å². The first-order valence-electron chi connectivity index (χ1n) is 9.40. The lowest BCUT2D eigenvalue weighted by molar-refractivity contribution is 0.102. The minimum atomic E-state index is -0.333. The van der Waals surface area contributed by atoms with E-state index >= 15 is 0 Å². The van der Waals surface area contributed by atoms with Crippen LogP contribution < -0.4 is 20.1 Å². The van der Waals surface area contributed by atoms with Crippen LogP contribution in [0.25, 0.3) is 0 Å². The Hall–Kier alpha value is -3.54. The highest BCUT2D eigenvalue weighted by molar-refractivity contribution is 6.04. The highest BCUT2D eigenvalue weighted by Gasteiger charge is 2.13. The number of hydrogen-bond donors (Lipinski definition) is 2. The third kappa shape index (κ3) is 4.66. The Morgan fingerprint density at radius 3 is 2.62 bits per heavy atom. The number of nitrogens with one attached hydrogen (secondary N) is 2. The second-order valence-corrected chi connectivity index (χ2v) is 6.54. The maximum atomic E-state index is 12.8. The zero-order valence-corrected chi connectivity index (χ0v) is 17.1. The second-order valence-electron chi connectivity index (χ2n) is 6.54. The van der Waals surface area contributed by atoms with E-state index in [2.05, 4.69) is 41.6 Å². The maximum Gasteiger partial charge on any atom is 0.274 e. The summed E-state index contributed by atoms with van der Waals surface area (Å²) in [6.45, 7) is 4.18. The summed E-state index contributed by atoms with van der Waals surface area (Å²) in [4.78, 5) is 17.0. The van der Waals surface area contributed by atoms with Gasteiger partial charge < -0.3 is 20.1 Å². The average Bonchev–Trinajstić information content (AvgIpc) is 2.75. The first-order valence-corrected chi connectivity index (χ1v) is 9.40. The Labute approximate surface area is 170 Å². The topological polar surface area (TPSA) is 72.5 Å². The molecule has 6 heteroatoms. The number of benzene rings is 2. The fourth-order valence-corrected chi connectivity index (χ4v) is 3.08. The van der Waals surface area contributed by atoms with E-state index < -0.39 is 0 Å². The van der Waals surface area contributed by atoms with Crippen LogP contribution in [0.15, 0.2) is 54.7 Å². The maximum absolute atomic E-state index is 12.8. The summed E-state index contributed by atoms with van der Waals surface area (Å²) in [5.41, 5.74) is 5.03. The normalized spacial score (nSPS) is 10.3. The van der Waals surface area contributed by atoms with Crippen molar-refractivity contribution >= 4 is 23.0 Å². The largest absolute Gasteiger partial charge is 0.497 e. The number of carbonyl (C=O) groups is 1. The highest BCUT2D eigenvalue weighted by Crippen LogP contribution is 2.30. The molecule has 0 saturated carbocycles. The molecule has 0 spiro atoms. The number of carbonyl (C=O) groups excluding carboxylic acids is 1. The van der Waals surface area contributed by atoms with Crippen molar-refractivity contribution in [2.24, 2.45) is 0 Å². The number of methoxy groups -OCH3 is 2. The van der Waals surface area contributed by atoms with Crippen molar-refractivity contribution in [2.75, 3.05) is 24.9 Å². The van der Waals surface area contributed by atoms with E-state index in [4.69, 9.17) is 9.47 Å². The highest BCUT2D eigenvalue weighted by atomic mass is 16.5. The number of ether oxygens (including phenoxy) is 2. The Morgan fingerprint density at radius 1 is 1.07 bits per heavy atom. The Bertz CT molecular complexity index is 1020. The minimum Gasteiger partial charge on any atom is -0.497 e. The summed E-state index contributed by atoms with van der Waals surface area (Å²) >= 11 is 0. The van der Waals surface area contributed by atoms with Crippen molar-refractivity contribution in [3.05, 3.63) is 71.5 Å². The number of aromatic nitrogens is 1. The number of aryl methyl sites for hydroxylation is 2. The summed E-state index contributed by atoms with van der Waals surface area (Å²) < 4.78 is 10.5. The fraction of sp³-hybridized carbons (Fsp3) is 0.217. The third-order valence-corrected chi connectivity index (χ3v) is 4.66. The number of hydrogen-bond acceptors (Lipinski definition) is 5. The van der Waals surface area contributed by atoms with Crippen molar-refractivity contribution in [1.29, 1.82) is 0 Å². The molecule has 1 aromatic heterocycles. The zero-order valence-electron chi connectivity index (χ0n) is 17.1.